The molecule has 2 aromatic rings. The van der Waals surface area contributed by atoms with Crippen LogP contribution in [0, 0.1) is 0 Å². The number of anilines is 1. The highest BCUT2D eigenvalue weighted by Crippen LogP contribution is 2.18. The largest absolute Gasteiger partial charge is 0.465 e. The average Bonchev–Trinajstić information content (AvgIpc) is 2.36. The SMILES string of the molecule is O=C(O)Nc1ccc2ncc(C(=O)NO)cc2c1. The highest BCUT2D eigenvalue weighted by Gasteiger charge is 2.07. The Morgan fingerprint density at radius 1 is 1.22 bits per heavy atom. The second-order valence-corrected chi connectivity index (χ2v) is 3.50. The minimum absolute atomic E-state index is 0.178. The van der Waals surface area contributed by atoms with Gasteiger partial charge in [-0.05, 0) is 24.3 Å². The van der Waals surface area contributed by atoms with Crippen molar-refractivity contribution in [2.75, 3.05) is 5.32 Å². The molecule has 92 valence electrons. The summed E-state index contributed by atoms with van der Waals surface area (Å²) in [5.41, 5.74) is 2.67. The van der Waals surface area contributed by atoms with Crippen LogP contribution in [0.4, 0.5) is 10.5 Å². The average molecular weight is 247 g/mol. The third kappa shape index (κ3) is 2.36. The first-order valence-electron chi connectivity index (χ1n) is 4.94. The summed E-state index contributed by atoms with van der Waals surface area (Å²) in [5.74, 6) is -0.680. The smallest absolute Gasteiger partial charge is 0.409 e. The van der Waals surface area contributed by atoms with Crippen LogP contribution < -0.4 is 10.8 Å². The molecule has 0 saturated carbocycles. The molecule has 4 N–H and O–H groups in total. The van der Waals surface area contributed by atoms with Gasteiger partial charge in [0, 0.05) is 17.3 Å². The summed E-state index contributed by atoms with van der Waals surface area (Å²) in [6.07, 6.45) is 0.143. The highest BCUT2D eigenvalue weighted by molar-refractivity contribution is 5.97. The van der Waals surface area contributed by atoms with E-state index in [1.807, 2.05) is 0 Å². The fourth-order valence-corrected chi connectivity index (χ4v) is 1.52. The zero-order valence-corrected chi connectivity index (χ0v) is 9.04. The van der Waals surface area contributed by atoms with Crippen LogP contribution in [0.25, 0.3) is 10.9 Å². The minimum Gasteiger partial charge on any atom is -0.465 e. The number of nitrogens with zero attached hydrogens (tertiary/aromatic N) is 1. The first kappa shape index (κ1) is 11.8. The second-order valence-electron chi connectivity index (χ2n) is 3.50. The highest BCUT2D eigenvalue weighted by atomic mass is 16.5. The van der Waals surface area contributed by atoms with E-state index >= 15 is 0 Å². The molecule has 0 atom stereocenters. The summed E-state index contributed by atoms with van der Waals surface area (Å²) in [7, 11) is 0. The minimum atomic E-state index is -1.17. The van der Waals surface area contributed by atoms with Crippen LogP contribution in [0.15, 0.2) is 30.5 Å². The fourth-order valence-electron chi connectivity index (χ4n) is 1.52. The molecule has 1 aromatic carbocycles. The Kier molecular flexibility index (Phi) is 3.07. The Labute approximate surface area is 101 Å². The van der Waals surface area contributed by atoms with Crippen LogP contribution >= 0.6 is 0 Å². The molecule has 0 spiro atoms. The number of hydroxylamine groups is 1. The zero-order chi connectivity index (χ0) is 13.1. The van der Waals surface area contributed by atoms with Crippen molar-refractivity contribution in [1.29, 1.82) is 0 Å². The third-order valence-electron chi connectivity index (χ3n) is 2.30. The van der Waals surface area contributed by atoms with E-state index in [4.69, 9.17) is 10.3 Å². The molecule has 1 heterocycles. The van der Waals surface area contributed by atoms with E-state index in [2.05, 4.69) is 10.3 Å². The molecule has 0 aliphatic rings. The molecule has 0 fully saturated rings. The van der Waals surface area contributed by atoms with Gasteiger partial charge in [0.05, 0.1) is 11.1 Å². The lowest BCUT2D eigenvalue weighted by Gasteiger charge is -2.04. The second kappa shape index (κ2) is 4.68. The molecule has 0 aliphatic carbocycles. The van der Waals surface area contributed by atoms with Gasteiger partial charge in [0.15, 0.2) is 0 Å². The van der Waals surface area contributed by atoms with Gasteiger partial charge in [-0.3, -0.25) is 20.3 Å². The molecule has 7 nitrogen and oxygen atoms in total. The van der Waals surface area contributed by atoms with Crippen molar-refractivity contribution in [3.63, 3.8) is 0 Å². The van der Waals surface area contributed by atoms with Gasteiger partial charge in [-0.15, -0.1) is 0 Å². The molecule has 18 heavy (non-hydrogen) atoms. The number of carboxylic acid groups (broad SMARTS) is 1. The molecule has 0 radical (unpaired) electrons. The van der Waals surface area contributed by atoms with Gasteiger partial charge >= 0.3 is 6.09 Å². The number of amides is 2. The number of carbonyl (C=O) groups excluding carboxylic acids is 1. The van der Waals surface area contributed by atoms with E-state index in [-0.39, 0.29) is 5.56 Å². The van der Waals surface area contributed by atoms with Crippen molar-refractivity contribution in [3.05, 3.63) is 36.0 Å². The Bertz CT molecular complexity index is 627. The topological polar surface area (TPSA) is 112 Å². The maximum atomic E-state index is 11.2. The number of rotatable bonds is 2. The van der Waals surface area contributed by atoms with Gasteiger partial charge in [0.25, 0.3) is 5.91 Å². The van der Waals surface area contributed by atoms with E-state index in [0.717, 1.165) is 0 Å². The number of hydrogen-bond acceptors (Lipinski definition) is 4. The lowest BCUT2D eigenvalue weighted by Crippen LogP contribution is -2.18. The van der Waals surface area contributed by atoms with Gasteiger partial charge in [-0.1, -0.05) is 0 Å². The van der Waals surface area contributed by atoms with Crippen LogP contribution in [-0.4, -0.2) is 27.3 Å². The van der Waals surface area contributed by atoms with Crippen molar-refractivity contribution in [1.82, 2.24) is 10.5 Å². The number of carbonyl (C=O) groups is 2. The summed E-state index contributed by atoms with van der Waals surface area (Å²) in [6.45, 7) is 0. The van der Waals surface area contributed by atoms with Gasteiger partial charge in [-0.25, -0.2) is 10.3 Å². The van der Waals surface area contributed by atoms with Crippen LogP contribution in [0.1, 0.15) is 10.4 Å². The lowest BCUT2D eigenvalue weighted by molar-refractivity contribution is 0.0706. The molecular weight excluding hydrogens is 238 g/mol. The molecule has 7 heteroatoms. The molecular formula is C11H9N3O4. The molecule has 2 rings (SSSR count). The van der Waals surface area contributed by atoms with Gasteiger partial charge in [-0.2, -0.15) is 0 Å². The van der Waals surface area contributed by atoms with Gasteiger partial charge < -0.3 is 5.11 Å². The van der Waals surface area contributed by atoms with E-state index in [1.54, 1.807) is 18.2 Å². The normalized spacial score (nSPS) is 10.1. The number of nitrogens with one attached hydrogen (secondary N) is 2. The van der Waals surface area contributed by atoms with Gasteiger partial charge in [0.1, 0.15) is 0 Å². The first-order chi connectivity index (χ1) is 8.60. The van der Waals surface area contributed by atoms with E-state index < -0.39 is 12.0 Å². The summed E-state index contributed by atoms with van der Waals surface area (Å²) >= 11 is 0. The number of fused-ring (bicyclic) bond motifs is 1. The maximum Gasteiger partial charge on any atom is 0.409 e. The van der Waals surface area contributed by atoms with Crippen LogP contribution in [0.2, 0.25) is 0 Å². The summed E-state index contributed by atoms with van der Waals surface area (Å²) in [5, 5.41) is 19.9. The van der Waals surface area contributed by atoms with Crippen LogP contribution in [0.5, 0.6) is 0 Å². The Balaban J connectivity index is 2.46. The Hall–Kier alpha value is -2.67. The van der Waals surface area contributed by atoms with E-state index in [0.29, 0.717) is 16.6 Å². The zero-order valence-electron chi connectivity index (χ0n) is 9.04. The fraction of sp³-hybridized carbons (Fsp3) is 0. The number of benzene rings is 1. The van der Waals surface area contributed by atoms with Crippen molar-refractivity contribution in [2.24, 2.45) is 0 Å². The Morgan fingerprint density at radius 2 is 2.00 bits per heavy atom. The predicted octanol–water partition coefficient (Wildman–Crippen LogP) is 1.44. The maximum absolute atomic E-state index is 11.2. The lowest BCUT2D eigenvalue weighted by atomic mass is 10.1. The van der Waals surface area contributed by atoms with Crippen molar-refractivity contribution in [2.45, 2.75) is 0 Å². The van der Waals surface area contributed by atoms with E-state index in [1.165, 1.54) is 17.7 Å². The molecule has 0 aliphatic heterocycles. The number of hydrogen-bond donors (Lipinski definition) is 4. The summed E-state index contributed by atoms with van der Waals surface area (Å²) < 4.78 is 0. The summed E-state index contributed by atoms with van der Waals surface area (Å²) in [6, 6.07) is 6.24. The number of aromatic nitrogens is 1. The van der Waals surface area contributed by atoms with Crippen LogP contribution in [-0.2, 0) is 0 Å². The molecule has 1 aromatic heterocycles. The molecule has 0 unspecified atom stereocenters. The monoisotopic (exact) mass is 247 g/mol. The first-order valence-corrected chi connectivity index (χ1v) is 4.94. The standard InChI is InChI=1S/C11H9N3O4/c15-10(14-18)7-3-6-4-8(13-11(16)17)1-2-9(6)12-5-7/h1-5,13,18H,(H,14,15)(H,16,17). The van der Waals surface area contributed by atoms with Crippen LogP contribution in [0.3, 0.4) is 0 Å². The molecule has 2 amide bonds. The van der Waals surface area contributed by atoms with Crippen molar-refractivity contribution >= 4 is 28.6 Å². The Morgan fingerprint density at radius 3 is 2.67 bits per heavy atom. The summed E-state index contributed by atoms with van der Waals surface area (Å²) in [4.78, 5) is 25.7. The number of pyridine rings is 1. The third-order valence-corrected chi connectivity index (χ3v) is 2.30. The van der Waals surface area contributed by atoms with Crippen molar-refractivity contribution < 1.29 is 19.9 Å². The van der Waals surface area contributed by atoms with E-state index in [9.17, 15) is 9.59 Å². The van der Waals surface area contributed by atoms with Gasteiger partial charge in [0.2, 0.25) is 0 Å². The quantitative estimate of drug-likeness (QED) is 0.474. The molecule has 0 bridgehead atoms. The predicted molar refractivity (Wildman–Crippen MR) is 62.6 cm³/mol. The van der Waals surface area contributed by atoms with Crippen molar-refractivity contribution in [3.8, 4) is 0 Å². The molecule has 0 saturated heterocycles.